The van der Waals surface area contributed by atoms with Crippen molar-refractivity contribution < 1.29 is 4.79 Å². The lowest BCUT2D eigenvalue weighted by Gasteiger charge is -2.20. The summed E-state index contributed by atoms with van der Waals surface area (Å²) in [5.74, 6) is 0. The van der Waals surface area contributed by atoms with E-state index in [1.54, 1.807) is 12.1 Å². The van der Waals surface area contributed by atoms with Crippen LogP contribution in [-0.2, 0) is 6.54 Å². The monoisotopic (exact) mass is 231 g/mol. The number of amides is 2. The van der Waals surface area contributed by atoms with E-state index in [0.29, 0.717) is 12.1 Å². The van der Waals surface area contributed by atoms with Gasteiger partial charge in [0.15, 0.2) is 0 Å². The van der Waals surface area contributed by atoms with E-state index in [4.69, 9.17) is 5.26 Å². The smallest absolute Gasteiger partial charge is 0.315 e. The summed E-state index contributed by atoms with van der Waals surface area (Å²) in [4.78, 5) is 11.5. The molecule has 90 valence electrons. The number of carbonyl (C=O) groups excluding carboxylic acids is 1. The van der Waals surface area contributed by atoms with Gasteiger partial charge < -0.3 is 10.6 Å². The minimum absolute atomic E-state index is 0.193. The van der Waals surface area contributed by atoms with Crippen LogP contribution < -0.4 is 10.6 Å². The summed E-state index contributed by atoms with van der Waals surface area (Å²) in [6.07, 6.45) is 0. The maximum atomic E-state index is 11.5. The van der Waals surface area contributed by atoms with Crippen molar-refractivity contribution in [3.05, 3.63) is 35.4 Å². The van der Waals surface area contributed by atoms with E-state index in [1.165, 1.54) is 0 Å². The fourth-order valence-electron chi connectivity index (χ4n) is 1.26. The second kappa shape index (κ2) is 5.35. The van der Waals surface area contributed by atoms with Crippen molar-refractivity contribution in [2.24, 2.45) is 0 Å². The highest BCUT2D eigenvalue weighted by atomic mass is 16.2. The molecule has 4 heteroatoms. The van der Waals surface area contributed by atoms with Crippen LogP contribution >= 0.6 is 0 Å². The number of rotatable bonds is 2. The zero-order valence-electron chi connectivity index (χ0n) is 10.4. The average molecular weight is 231 g/mol. The predicted molar refractivity (Wildman–Crippen MR) is 66.3 cm³/mol. The molecule has 0 bridgehead atoms. The largest absolute Gasteiger partial charge is 0.334 e. The fraction of sp³-hybridized carbons (Fsp3) is 0.385. The van der Waals surface area contributed by atoms with Crippen molar-refractivity contribution in [3.63, 3.8) is 0 Å². The maximum Gasteiger partial charge on any atom is 0.315 e. The lowest BCUT2D eigenvalue weighted by Crippen LogP contribution is -2.46. The first-order chi connectivity index (χ1) is 7.90. The molecule has 1 aromatic rings. The Bertz CT molecular complexity index is 423. The minimum atomic E-state index is -0.241. The quantitative estimate of drug-likeness (QED) is 0.819. The Morgan fingerprint density at radius 2 is 1.88 bits per heavy atom. The molecule has 0 saturated carbocycles. The molecule has 0 aliphatic rings. The summed E-state index contributed by atoms with van der Waals surface area (Å²) < 4.78 is 0. The molecule has 0 fully saturated rings. The van der Waals surface area contributed by atoms with Crippen LogP contribution in [0, 0.1) is 11.3 Å². The number of hydrogen-bond acceptors (Lipinski definition) is 2. The number of urea groups is 1. The fourth-order valence-corrected chi connectivity index (χ4v) is 1.26. The van der Waals surface area contributed by atoms with E-state index in [0.717, 1.165) is 5.56 Å². The Morgan fingerprint density at radius 3 is 2.35 bits per heavy atom. The van der Waals surface area contributed by atoms with Crippen LogP contribution in [-0.4, -0.2) is 11.6 Å². The molecule has 0 heterocycles. The van der Waals surface area contributed by atoms with Gasteiger partial charge in [0.1, 0.15) is 0 Å². The number of benzene rings is 1. The molecule has 0 spiro atoms. The Balaban J connectivity index is 2.45. The number of nitrogens with one attached hydrogen (secondary N) is 2. The van der Waals surface area contributed by atoms with Crippen molar-refractivity contribution in [1.29, 1.82) is 5.26 Å². The molecule has 0 saturated heterocycles. The summed E-state index contributed by atoms with van der Waals surface area (Å²) in [5, 5.41) is 14.2. The molecule has 1 rings (SSSR count). The van der Waals surface area contributed by atoms with Gasteiger partial charge in [-0.1, -0.05) is 12.1 Å². The van der Waals surface area contributed by atoms with Gasteiger partial charge in [0.05, 0.1) is 11.6 Å². The van der Waals surface area contributed by atoms with Crippen LogP contribution in [0.3, 0.4) is 0 Å². The molecule has 17 heavy (non-hydrogen) atoms. The highest BCUT2D eigenvalue weighted by Crippen LogP contribution is 2.03. The Hall–Kier alpha value is -2.02. The van der Waals surface area contributed by atoms with Crippen LogP contribution in [0.1, 0.15) is 31.9 Å². The van der Waals surface area contributed by atoms with Crippen LogP contribution in [0.15, 0.2) is 24.3 Å². The summed E-state index contributed by atoms with van der Waals surface area (Å²) >= 11 is 0. The maximum absolute atomic E-state index is 11.5. The molecule has 2 amide bonds. The third kappa shape index (κ3) is 5.03. The Morgan fingerprint density at radius 1 is 1.29 bits per heavy atom. The highest BCUT2D eigenvalue weighted by molar-refractivity contribution is 5.74. The molecule has 0 aliphatic carbocycles. The van der Waals surface area contributed by atoms with Gasteiger partial charge in [-0.3, -0.25) is 0 Å². The van der Waals surface area contributed by atoms with Gasteiger partial charge in [0.25, 0.3) is 0 Å². The molecule has 0 radical (unpaired) electrons. The minimum Gasteiger partial charge on any atom is -0.334 e. The zero-order chi connectivity index (χ0) is 12.9. The summed E-state index contributed by atoms with van der Waals surface area (Å²) in [6.45, 7) is 6.23. The molecule has 4 nitrogen and oxygen atoms in total. The normalized spacial score (nSPS) is 10.5. The van der Waals surface area contributed by atoms with Gasteiger partial charge in [0, 0.05) is 12.1 Å². The first-order valence-corrected chi connectivity index (χ1v) is 5.46. The number of nitrogens with zero attached hydrogens (tertiary/aromatic N) is 1. The molecule has 0 atom stereocenters. The van der Waals surface area contributed by atoms with Crippen molar-refractivity contribution >= 4 is 6.03 Å². The SMILES string of the molecule is CC(C)(C)NC(=O)NCc1ccc(C#N)cc1. The molecular formula is C13H17N3O. The Labute approximate surface area is 102 Å². The molecular weight excluding hydrogens is 214 g/mol. The zero-order valence-corrected chi connectivity index (χ0v) is 10.4. The van der Waals surface area contributed by atoms with Crippen molar-refractivity contribution in [2.45, 2.75) is 32.9 Å². The van der Waals surface area contributed by atoms with E-state index < -0.39 is 0 Å². The first kappa shape index (κ1) is 13.0. The van der Waals surface area contributed by atoms with Gasteiger partial charge >= 0.3 is 6.03 Å². The molecule has 2 N–H and O–H groups in total. The molecule has 0 aliphatic heterocycles. The lowest BCUT2D eigenvalue weighted by molar-refractivity contribution is 0.231. The van der Waals surface area contributed by atoms with Gasteiger partial charge in [0.2, 0.25) is 0 Å². The number of nitriles is 1. The van der Waals surface area contributed by atoms with Crippen LogP contribution in [0.4, 0.5) is 4.79 Å². The van der Waals surface area contributed by atoms with Crippen molar-refractivity contribution in [2.75, 3.05) is 0 Å². The summed E-state index contributed by atoms with van der Waals surface area (Å²) in [6, 6.07) is 8.99. The Kier molecular flexibility index (Phi) is 4.11. The summed E-state index contributed by atoms with van der Waals surface area (Å²) in [7, 11) is 0. The highest BCUT2D eigenvalue weighted by Gasteiger charge is 2.12. The predicted octanol–water partition coefficient (Wildman–Crippen LogP) is 2.16. The van der Waals surface area contributed by atoms with Gasteiger partial charge in [-0.25, -0.2) is 4.79 Å². The van der Waals surface area contributed by atoms with E-state index >= 15 is 0 Å². The molecule has 0 aromatic heterocycles. The van der Waals surface area contributed by atoms with Crippen LogP contribution in [0.5, 0.6) is 0 Å². The third-order valence-electron chi connectivity index (χ3n) is 2.02. The molecule has 0 unspecified atom stereocenters. The van der Waals surface area contributed by atoms with E-state index in [2.05, 4.69) is 16.7 Å². The van der Waals surface area contributed by atoms with Gasteiger partial charge in [-0.05, 0) is 38.5 Å². The van der Waals surface area contributed by atoms with E-state index in [9.17, 15) is 4.79 Å². The second-order valence-corrected chi connectivity index (χ2v) is 4.87. The molecule has 1 aromatic carbocycles. The standard InChI is InChI=1S/C13H17N3O/c1-13(2,3)16-12(17)15-9-11-6-4-10(8-14)5-7-11/h4-7H,9H2,1-3H3,(H2,15,16,17). The van der Waals surface area contributed by atoms with Crippen molar-refractivity contribution in [1.82, 2.24) is 10.6 Å². The van der Waals surface area contributed by atoms with E-state index in [-0.39, 0.29) is 11.6 Å². The third-order valence-corrected chi connectivity index (χ3v) is 2.02. The van der Waals surface area contributed by atoms with Gasteiger partial charge in [-0.15, -0.1) is 0 Å². The topological polar surface area (TPSA) is 64.9 Å². The van der Waals surface area contributed by atoms with Crippen LogP contribution in [0.25, 0.3) is 0 Å². The number of hydrogen-bond donors (Lipinski definition) is 2. The number of carbonyl (C=O) groups is 1. The summed E-state index contributed by atoms with van der Waals surface area (Å²) in [5.41, 5.74) is 1.34. The average Bonchev–Trinajstić information content (AvgIpc) is 2.25. The lowest BCUT2D eigenvalue weighted by atomic mass is 10.1. The first-order valence-electron chi connectivity index (χ1n) is 5.46. The van der Waals surface area contributed by atoms with Crippen molar-refractivity contribution in [3.8, 4) is 6.07 Å². The van der Waals surface area contributed by atoms with Gasteiger partial charge in [-0.2, -0.15) is 5.26 Å². The van der Waals surface area contributed by atoms with E-state index in [1.807, 2.05) is 32.9 Å². The van der Waals surface area contributed by atoms with Crippen LogP contribution in [0.2, 0.25) is 0 Å². The second-order valence-electron chi connectivity index (χ2n) is 4.87.